The number of amides is 1. The number of carbonyl (C=O) groups excluding carboxylic acids is 1. The highest BCUT2D eigenvalue weighted by Crippen LogP contribution is 2.36. The Labute approximate surface area is 116 Å². The molecule has 1 amide bonds. The second kappa shape index (κ2) is 6.92. The molecule has 1 rings (SSSR count). The lowest BCUT2D eigenvalue weighted by Gasteiger charge is -2.25. The number of rotatable bonds is 6. The monoisotopic (exact) mass is 269 g/mol. The largest absolute Gasteiger partial charge is 0.481 e. The van der Waals surface area contributed by atoms with Crippen molar-refractivity contribution in [1.29, 1.82) is 0 Å². The van der Waals surface area contributed by atoms with E-state index in [1.807, 2.05) is 13.8 Å². The third-order valence-electron chi connectivity index (χ3n) is 4.58. The van der Waals surface area contributed by atoms with Gasteiger partial charge in [-0.3, -0.25) is 9.59 Å². The van der Waals surface area contributed by atoms with E-state index in [0.29, 0.717) is 24.7 Å². The maximum absolute atomic E-state index is 12.3. The molecule has 0 saturated heterocycles. The van der Waals surface area contributed by atoms with E-state index in [1.165, 1.54) is 0 Å². The molecule has 1 saturated carbocycles. The molecule has 1 fully saturated rings. The van der Waals surface area contributed by atoms with E-state index >= 15 is 0 Å². The van der Waals surface area contributed by atoms with Gasteiger partial charge in [0.1, 0.15) is 0 Å². The molecule has 110 valence electrons. The van der Waals surface area contributed by atoms with Crippen molar-refractivity contribution in [3.8, 4) is 0 Å². The van der Waals surface area contributed by atoms with Gasteiger partial charge < -0.3 is 10.4 Å². The molecular weight excluding hydrogens is 242 g/mol. The highest BCUT2D eigenvalue weighted by molar-refractivity contribution is 5.85. The minimum Gasteiger partial charge on any atom is -0.481 e. The molecule has 4 unspecified atom stereocenters. The molecule has 0 aliphatic heterocycles. The van der Waals surface area contributed by atoms with E-state index in [2.05, 4.69) is 19.2 Å². The van der Waals surface area contributed by atoms with Gasteiger partial charge in [-0.25, -0.2) is 0 Å². The van der Waals surface area contributed by atoms with Gasteiger partial charge in [-0.2, -0.15) is 0 Å². The van der Waals surface area contributed by atoms with Gasteiger partial charge in [-0.05, 0) is 31.6 Å². The maximum atomic E-state index is 12.3. The lowest BCUT2D eigenvalue weighted by Crippen LogP contribution is -2.43. The van der Waals surface area contributed by atoms with Crippen molar-refractivity contribution in [2.45, 2.75) is 59.4 Å². The van der Waals surface area contributed by atoms with Crippen LogP contribution in [0.15, 0.2) is 0 Å². The zero-order valence-corrected chi connectivity index (χ0v) is 12.5. The Bertz CT molecular complexity index is 325. The van der Waals surface area contributed by atoms with Gasteiger partial charge in [0.05, 0.1) is 11.8 Å². The average molecular weight is 269 g/mol. The Morgan fingerprint density at radius 2 is 1.74 bits per heavy atom. The summed E-state index contributed by atoms with van der Waals surface area (Å²) >= 11 is 0. The van der Waals surface area contributed by atoms with Gasteiger partial charge in [0.15, 0.2) is 0 Å². The molecule has 4 atom stereocenters. The predicted molar refractivity (Wildman–Crippen MR) is 74.7 cm³/mol. The normalized spacial score (nSPS) is 28.4. The van der Waals surface area contributed by atoms with E-state index in [0.717, 1.165) is 12.8 Å². The van der Waals surface area contributed by atoms with Crippen LogP contribution in [0.3, 0.4) is 0 Å². The van der Waals surface area contributed by atoms with Crippen LogP contribution < -0.4 is 5.32 Å². The van der Waals surface area contributed by atoms with Crippen molar-refractivity contribution in [2.24, 2.45) is 23.7 Å². The van der Waals surface area contributed by atoms with Crippen LogP contribution >= 0.6 is 0 Å². The smallest absolute Gasteiger partial charge is 0.307 e. The van der Waals surface area contributed by atoms with E-state index in [4.69, 9.17) is 0 Å². The molecule has 0 bridgehead atoms. The van der Waals surface area contributed by atoms with Crippen LogP contribution in [-0.4, -0.2) is 23.0 Å². The second-order valence-electron chi connectivity index (χ2n) is 6.00. The zero-order chi connectivity index (χ0) is 14.6. The molecule has 0 heterocycles. The lowest BCUT2D eigenvalue weighted by atomic mass is 9.92. The van der Waals surface area contributed by atoms with Gasteiger partial charge in [-0.1, -0.05) is 33.6 Å². The summed E-state index contributed by atoms with van der Waals surface area (Å²) in [4.78, 5) is 23.5. The van der Waals surface area contributed by atoms with Gasteiger partial charge in [0, 0.05) is 6.04 Å². The van der Waals surface area contributed by atoms with Crippen molar-refractivity contribution >= 4 is 11.9 Å². The molecule has 0 aromatic carbocycles. The van der Waals surface area contributed by atoms with Crippen molar-refractivity contribution in [2.75, 3.05) is 0 Å². The fourth-order valence-electron chi connectivity index (χ4n) is 3.30. The minimum atomic E-state index is -0.834. The molecule has 4 nitrogen and oxygen atoms in total. The van der Waals surface area contributed by atoms with Crippen LogP contribution in [0.25, 0.3) is 0 Å². The average Bonchev–Trinajstić information content (AvgIpc) is 2.73. The number of hydrogen-bond acceptors (Lipinski definition) is 2. The highest BCUT2D eigenvalue weighted by Gasteiger charge is 2.41. The van der Waals surface area contributed by atoms with Gasteiger partial charge >= 0.3 is 5.97 Å². The van der Waals surface area contributed by atoms with E-state index in [1.54, 1.807) is 0 Å². The van der Waals surface area contributed by atoms with Crippen LogP contribution in [0, 0.1) is 23.7 Å². The highest BCUT2D eigenvalue weighted by atomic mass is 16.4. The molecular formula is C15H27NO3. The number of hydrogen-bond donors (Lipinski definition) is 2. The summed E-state index contributed by atoms with van der Waals surface area (Å²) in [7, 11) is 0. The van der Waals surface area contributed by atoms with Crippen molar-refractivity contribution in [3.05, 3.63) is 0 Å². The lowest BCUT2D eigenvalue weighted by molar-refractivity contribution is -0.146. The Hall–Kier alpha value is -1.06. The van der Waals surface area contributed by atoms with Crippen molar-refractivity contribution in [1.82, 2.24) is 5.32 Å². The predicted octanol–water partition coefficient (Wildman–Crippen LogP) is 2.67. The van der Waals surface area contributed by atoms with Crippen LogP contribution in [0.5, 0.6) is 0 Å². The van der Waals surface area contributed by atoms with Gasteiger partial charge in [0.2, 0.25) is 5.91 Å². The molecule has 0 radical (unpaired) electrons. The minimum absolute atomic E-state index is 0.0730. The van der Waals surface area contributed by atoms with Crippen molar-refractivity contribution < 1.29 is 14.7 Å². The molecule has 0 aromatic rings. The summed E-state index contributed by atoms with van der Waals surface area (Å²) in [6.07, 6.45) is 3.37. The Kier molecular flexibility index (Phi) is 5.83. The summed E-state index contributed by atoms with van der Waals surface area (Å²) < 4.78 is 0. The molecule has 1 aliphatic rings. The third-order valence-corrected chi connectivity index (χ3v) is 4.58. The zero-order valence-electron chi connectivity index (χ0n) is 12.5. The Balaban J connectivity index is 2.64. The van der Waals surface area contributed by atoms with E-state index < -0.39 is 11.9 Å². The van der Waals surface area contributed by atoms with Crippen LogP contribution in [0.4, 0.5) is 0 Å². The fourth-order valence-corrected chi connectivity index (χ4v) is 3.30. The summed E-state index contributed by atoms with van der Waals surface area (Å²) in [6, 6.07) is 0.118. The van der Waals surface area contributed by atoms with Crippen LogP contribution in [0.2, 0.25) is 0 Å². The van der Waals surface area contributed by atoms with Gasteiger partial charge in [0.25, 0.3) is 0 Å². The Morgan fingerprint density at radius 3 is 2.21 bits per heavy atom. The number of aliphatic carboxylic acids is 1. The molecule has 4 heteroatoms. The summed E-state index contributed by atoms with van der Waals surface area (Å²) in [5.74, 6) is -0.990. The molecule has 19 heavy (non-hydrogen) atoms. The first kappa shape index (κ1) is 16.0. The number of nitrogens with one attached hydrogen (secondary N) is 1. The SMILES string of the molecule is CCC(CC)C(C)NC(=O)C1CC(C)CC1C(=O)O. The summed E-state index contributed by atoms with van der Waals surface area (Å²) in [5.41, 5.74) is 0. The van der Waals surface area contributed by atoms with Crippen LogP contribution in [-0.2, 0) is 9.59 Å². The standard InChI is InChI=1S/C15H27NO3/c1-5-11(6-2)10(4)16-14(17)12-7-9(3)8-13(12)15(18)19/h9-13H,5-8H2,1-4H3,(H,16,17)(H,18,19). The van der Waals surface area contributed by atoms with Crippen LogP contribution in [0.1, 0.15) is 53.4 Å². The van der Waals surface area contributed by atoms with Gasteiger partial charge in [-0.15, -0.1) is 0 Å². The first-order chi connectivity index (χ1) is 8.90. The first-order valence-electron chi connectivity index (χ1n) is 7.43. The van der Waals surface area contributed by atoms with Crippen molar-refractivity contribution in [3.63, 3.8) is 0 Å². The fraction of sp³-hybridized carbons (Fsp3) is 0.867. The molecule has 0 spiro atoms. The summed E-state index contributed by atoms with van der Waals surface area (Å²) in [6.45, 7) is 8.28. The second-order valence-corrected chi connectivity index (χ2v) is 6.00. The summed E-state index contributed by atoms with van der Waals surface area (Å²) in [5, 5.41) is 12.2. The Morgan fingerprint density at radius 1 is 1.21 bits per heavy atom. The van der Waals surface area contributed by atoms with E-state index in [9.17, 15) is 14.7 Å². The third kappa shape index (κ3) is 3.95. The quantitative estimate of drug-likeness (QED) is 0.779. The molecule has 2 N–H and O–H groups in total. The maximum Gasteiger partial charge on any atom is 0.307 e. The number of carboxylic acids is 1. The first-order valence-corrected chi connectivity index (χ1v) is 7.43. The molecule has 0 aromatic heterocycles. The topological polar surface area (TPSA) is 66.4 Å². The van der Waals surface area contributed by atoms with E-state index in [-0.39, 0.29) is 17.9 Å². The number of carbonyl (C=O) groups is 2. The molecule has 1 aliphatic carbocycles. The number of carboxylic acid groups (broad SMARTS) is 1.